The molecule has 2 aromatic rings. The zero-order chi connectivity index (χ0) is 16.6. The van der Waals surface area contributed by atoms with Crippen LogP contribution in [-0.2, 0) is 9.59 Å². The molecule has 0 saturated carbocycles. The number of hydrogen-bond acceptors (Lipinski definition) is 4. The minimum atomic E-state index is -0.462. The van der Waals surface area contributed by atoms with Crippen LogP contribution in [0.1, 0.15) is 15.3 Å². The van der Waals surface area contributed by atoms with E-state index in [0.717, 1.165) is 15.3 Å². The highest BCUT2D eigenvalue weighted by Crippen LogP contribution is 2.26. The highest BCUT2D eigenvalue weighted by molar-refractivity contribution is 7.80. The number of para-hydroxylation sites is 1. The van der Waals surface area contributed by atoms with Crippen molar-refractivity contribution < 1.29 is 9.59 Å². The second-order valence-electron chi connectivity index (χ2n) is 5.19. The molecule has 1 fully saturated rings. The number of carbonyl (C=O) groups excluding carboxylic acids is 2. The molecule has 0 bridgehead atoms. The number of rotatable bonds is 2. The topological polar surface area (TPSA) is 49.4 Å². The number of benzene rings is 1. The summed E-state index contributed by atoms with van der Waals surface area (Å²) in [5.74, 6) is -0.866. The number of thiocarbonyl (C=S) groups is 1. The largest absolute Gasteiger partial charge is 0.298 e. The lowest BCUT2D eigenvalue weighted by Crippen LogP contribution is -2.54. The highest BCUT2D eigenvalue weighted by Gasteiger charge is 2.35. The number of amides is 2. The summed E-state index contributed by atoms with van der Waals surface area (Å²) in [7, 11) is 0. The van der Waals surface area contributed by atoms with Crippen molar-refractivity contribution >= 4 is 52.2 Å². The maximum Gasteiger partial charge on any atom is 0.270 e. The van der Waals surface area contributed by atoms with Gasteiger partial charge in [0.1, 0.15) is 5.57 Å². The van der Waals surface area contributed by atoms with Gasteiger partial charge in [0.15, 0.2) is 5.11 Å². The van der Waals surface area contributed by atoms with E-state index < -0.39 is 11.8 Å². The Morgan fingerprint density at radius 2 is 1.87 bits per heavy atom. The van der Waals surface area contributed by atoms with E-state index in [4.69, 9.17) is 12.2 Å². The van der Waals surface area contributed by atoms with E-state index in [0.29, 0.717) is 5.69 Å². The lowest BCUT2D eigenvalue weighted by molar-refractivity contribution is -0.122. The van der Waals surface area contributed by atoms with Gasteiger partial charge < -0.3 is 0 Å². The standard InChI is InChI=1S/C17H14N2O2S2/c1-10-5-3-4-6-14(10)19-16(21)13(15(20)18-17(19)22)9-12-8-7-11(2)23-12/h3-9H,1-2H3,(H,18,20,22)/b13-9+. The van der Waals surface area contributed by atoms with Crippen LogP contribution in [0.2, 0.25) is 0 Å². The highest BCUT2D eigenvalue weighted by atomic mass is 32.1. The maximum atomic E-state index is 12.8. The molecule has 1 aliphatic rings. The molecule has 0 aliphatic carbocycles. The smallest absolute Gasteiger partial charge is 0.270 e. The predicted octanol–water partition coefficient (Wildman–Crippen LogP) is 3.20. The molecule has 0 atom stereocenters. The van der Waals surface area contributed by atoms with Gasteiger partial charge in [0.25, 0.3) is 11.8 Å². The molecule has 0 unspecified atom stereocenters. The van der Waals surface area contributed by atoms with Crippen LogP contribution in [0.3, 0.4) is 0 Å². The number of nitrogens with zero attached hydrogens (tertiary/aromatic N) is 1. The van der Waals surface area contributed by atoms with E-state index in [-0.39, 0.29) is 10.7 Å². The van der Waals surface area contributed by atoms with Crippen LogP contribution in [0.4, 0.5) is 5.69 Å². The molecule has 23 heavy (non-hydrogen) atoms. The van der Waals surface area contributed by atoms with Crippen LogP contribution in [-0.4, -0.2) is 16.9 Å². The molecular formula is C17H14N2O2S2. The fourth-order valence-corrected chi connectivity index (χ4v) is 3.46. The zero-order valence-electron chi connectivity index (χ0n) is 12.6. The monoisotopic (exact) mass is 342 g/mol. The second-order valence-corrected chi connectivity index (χ2v) is 6.90. The number of thiophene rings is 1. The Morgan fingerprint density at radius 1 is 1.13 bits per heavy atom. The Balaban J connectivity index is 2.04. The molecule has 116 valence electrons. The van der Waals surface area contributed by atoms with Crippen LogP contribution < -0.4 is 10.2 Å². The number of hydrogen-bond donors (Lipinski definition) is 1. The molecule has 1 N–H and O–H groups in total. The van der Waals surface area contributed by atoms with Crippen LogP contribution in [0.15, 0.2) is 42.0 Å². The SMILES string of the molecule is Cc1ccc(/C=C2\C(=O)NC(=S)N(c3ccccc3C)C2=O)s1. The molecular weight excluding hydrogens is 328 g/mol. The molecule has 1 saturated heterocycles. The molecule has 2 amide bonds. The third-order valence-corrected chi connectivity index (χ3v) is 4.74. The fourth-order valence-electron chi connectivity index (χ4n) is 2.36. The summed E-state index contributed by atoms with van der Waals surface area (Å²) in [6.45, 7) is 3.87. The van der Waals surface area contributed by atoms with E-state index in [9.17, 15) is 9.59 Å². The Labute approximate surface area is 143 Å². The van der Waals surface area contributed by atoms with E-state index >= 15 is 0 Å². The lowest BCUT2D eigenvalue weighted by Gasteiger charge is -2.29. The molecule has 0 spiro atoms. The van der Waals surface area contributed by atoms with Crippen LogP contribution in [0, 0.1) is 13.8 Å². The summed E-state index contributed by atoms with van der Waals surface area (Å²) in [5.41, 5.74) is 1.67. The first-order chi connectivity index (χ1) is 11.0. The van der Waals surface area contributed by atoms with Gasteiger partial charge in [-0.3, -0.25) is 19.8 Å². The Hall–Kier alpha value is -2.31. The second kappa shape index (κ2) is 6.06. The average Bonchev–Trinajstić information content (AvgIpc) is 2.91. The molecule has 1 aromatic carbocycles. The van der Waals surface area contributed by atoms with Crippen molar-refractivity contribution in [1.82, 2.24) is 5.32 Å². The lowest BCUT2D eigenvalue weighted by atomic mass is 10.1. The van der Waals surface area contributed by atoms with Crippen molar-refractivity contribution in [2.45, 2.75) is 13.8 Å². The third-order valence-electron chi connectivity index (χ3n) is 3.51. The Kier molecular flexibility index (Phi) is 4.11. The molecule has 1 aliphatic heterocycles. The van der Waals surface area contributed by atoms with Crippen LogP contribution >= 0.6 is 23.6 Å². The van der Waals surface area contributed by atoms with Gasteiger partial charge in [-0.25, -0.2) is 0 Å². The number of carbonyl (C=O) groups is 2. The van der Waals surface area contributed by atoms with E-state index in [1.165, 1.54) is 16.2 Å². The maximum absolute atomic E-state index is 12.8. The summed E-state index contributed by atoms with van der Waals surface area (Å²) in [6.07, 6.45) is 1.61. The van der Waals surface area contributed by atoms with Crippen LogP contribution in [0.5, 0.6) is 0 Å². The minimum Gasteiger partial charge on any atom is -0.298 e. The van der Waals surface area contributed by atoms with Crippen molar-refractivity contribution in [3.8, 4) is 0 Å². The molecule has 3 rings (SSSR count). The Morgan fingerprint density at radius 3 is 2.52 bits per heavy atom. The van der Waals surface area contributed by atoms with Gasteiger partial charge in [-0.05, 0) is 55.9 Å². The quantitative estimate of drug-likeness (QED) is 0.518. The van der Waals surface area contributed by atoms with Crippen LogP contribution in [0.25, 0.3) is 6.08 Å². The van der Waals surface area contributed by atoms with E-state index in [1.54, 1.807) is 6.08 Å². The van der Waals surface area contributed by atoms with Crippen molar-refractivity contribution in [3.05, 3.63) is 57.3 Å². The normalized spacial score (nSPS) is 16.9. The van der Waals surface area contributed by atoms with Gasteiger partial charge in [-0.15, -0.1) is 11.3 Å². The first-order valence-corrected chi connectivity index (χ1v) is 8.23. The molecule has 0 radical (unpaired) electrons. The van der Waals surface area contributed by atoms with Crippen molar-refractivity contribution in [2.24, 2.45) is 0 Å². The predicted molar refractivity (Wildman–Crippen MR) is 96.4 cm³/mol. The van der Waals surface area contributed by atoms with Crippen molar-refractivity contribution in [2.75, 3.05) is 4.90 Å². The van der Waals surface area contributed by atoms with Crippen molar-refractivity contribution in [3.63, 3.8) is 0 Å². The van der Waals surface area contributed by atoms with Gasteiger partial charge in [0.2, 0.25) is 0 Å². The number of nitrogens with one attached hydrogen (secondary N) is 1. The minimum absolute atomic E-state index is 0.0868. The van der Waals surface area contributed by atoms with Crippen molar-refractivity contribution in [1.29, 1.82) is 0 Å². The zero-order valence-corrected chi connectivity index (χ0v) is 14.3. The van der Waals surface area contributed by atoms with Gasteiger partial charge in [0, 0.05) is 9.75 Å². The number of aryl methyl sites for hydroxylation is 2. The number of anilines is 1. The summed E-state index contributed by atoms with van der Waals surface area (Å²) in [6, 6.07) is 11.3. The first-order valence-electron chi connectivity index (χ1n) is 7.01. The fraction of sp³-hybridized carbons (Fsp3) is 0.118. The average molecular weight is 342 g/mol. The molecule has 2 heterocycles. The van der Waals surface area contributed by atoms with E-state index in [2.05, 4.69) is 5.32 Å². The van der Waals surface area contributed by atoms with Gasteiger partial charge in [0.05, 0.1) is 5.69 Å². The summed E-state index contributed by atoms with van der Waals surface area (Å²) in [4.78, 5) is 28.4. The third kappa shape index (κ3) is 2.95. The summed E-state index contributed by atoms with van der Waals surface area (Å²) in [5, 5.41) is 2.70. The van der Waals surface area contributed by atoms with Gasteiger partial charge in [-0.2, -0.15) is 0 Å². The first kappa shape index (κ1) is 15.6. The summed E-state index contributed by atoms with van der Waals surface area (Å²) < 4.78 is 0. The van der Waals surface area contributed by atoms with Gasteiger partial charge >= 0.3 is 0 Å². The summed E-state index contributed by atoms with van der Waals surface area (Å²) >= 11 is 6.72. The molecule has 1 aromatic heterocycles. The van der Waals surface area contributed by atoms with E-state index in [1.807, 2.05) is 50.2 Å². The van der Waals surface area contributed by atoms with Gasteiger partial charge in [-0.1, -0.05) is 18.2 Å². The molecule has 6 heteroatoms. The molecule has 4 nitrogen and oxygen atoms in total. The Bertz CT molecular complexity index is 852.